The first kappa shape index (κ1) is 7.40. The molecule has 11 heavy (non-hydrogen) atoms. The second kappa shape index (κ2) is 2.92. The van der Waals surface area contributed by atoms with Gasteiger partial charge < -0.3 is 15.5 Å². The number of benzene rings is 1. The Kier molecular flexibility index (Phi) is 1.96. The maximum Gasteiger partial charge on any atom is 0.314 e. The molecule has 1 radical (unpaired) electrons. The van der Waals surface area contributed by atoms with Crippen molar-refractivity contribution >= 4 is 12.1 Å². The van der Waals surface area contributed by atoms with Crippen molar-refractivity contribution < 1.29 is 15.0 Å². The van der Waals surface area contributed by atoms with Crippen LogP contribution in [0.5, 0.6) is 11.5 Å². The molecule has 0 fully saturated rings. The first-order valence-electron chi connectivity index (χ1n) is 2.90. The number of anilines is 1. The molecule has 1 aromatic rings. The highest BCUT2D eigenvalue weighted by Gasteiger charge is 2.04. The molecule has 0 aromatic heterocycles. The summed E-state index contributed by atoms with van der Waals surface area (Å²) in [4.78, 5) is 9.82. The van der Waals surface area contributed by atoms with E-state index in [1.807, 2.05) is 5.32 Å². The smallest absolute Gasteiger partial charge is 0.314 e. The predicted octanol–water partition coefficient (Wildman–Crippen LogP) is 0.577. The van der Waals surface area contributed by atoms with Crippen LogP contribution in [0.1, 0.15) is 0 Å². The van der Waals surface area contributed by atoms with Crippen LogP contribution in [0.4, 0.5) is 5.69 Å². The molecule has 0 heterocycles. The molecule has 1 rings (SSSR count). The largest absolute Gasteiger partial charge is 0.506 e. The van der Waals surface area contributed by atoms with Crippen molar-refractivity contribution in [2.45, 2.75) is 0 Å². The van der Waals surface area contributed by atoms with Crippen LogP contribution in [-0.4, -0.2) is 16.6 Å². The molecule has 4 nitrogen and oxygen atoms in total. The number of amides is 1. The van der Waals surface area contributed by atoms with Crippen LogP contribution in [0, 0.1) is 0 Å². The van der Waals surface area contributed by atoms with Gasteiger partial charge in [-0.15, -0.1) is 0 Å². The molecular weight excluding hydrogens is 146 g/mol. The standard InChI is InChI=1S/C7H6NO3/c9-4-8-7-5(10)2-1-3-6(7)11/h1-3,10-11H,(H,8,9). The first-order chi connectivity index (χ1) is 5.25. The van der Waals surface area contributed by atoms with Crippen molar-refractivity contribution in [2.75, 3.05) is 5.32 Å². The topological polar surface area (TPSA) is 69.6 Å². The third-order valence-corrected chi connectivity index (χ3v) is 1.20. The van der Waals surface area contributed by atoms with E-state index in [2.05, 4.69) is 0 Å². The normalized spacial score (nSPS) is 9.09. The fourth-order valence-corrected chi connectivity index (χ4v) is 0.707. The summed E-state index contributed by atoms with van der Waals surface area (Å²) in [6.07, 6.45) is 1.35. The van der Waals surface area contributed by atoms with Gasteiger partial charge in [-0.05, 0) is 12.1 Å². The van der Waals surface area contributed by atoms with Gasteiger partial charge in [-0.25, -0.2) is 0 Å². The summed E-state index contributed by atoms with van der Waals surface area (Å²) in [7, 11) is 0. The van der Waals surface area contributed by atoms with E-state index in [-0.39, 0.29) is 17.2 Å². The van der Waals surface area contributed by atoms with Crippen LogP contribution in [-0.2, 0) is 4.79 Å². The Morgan fingerprint density at radius 1 is 1.27 bits per heavy atom. The molecule has 0 spiro atoms. The highest BCUT2D eigenvalue weighted by Crippen LogP contribution is 2.31. The van der Waals surface area contributed by atoms with Crippen LogP contribution in [0.25, 0.3) is 0 Å². The van der Waals surface area contributed by atoms with Gasteiger partial charge in [0.05, 0.1) is 0 Å². The lowest BCUT2D eigenvalue weighted by Crippen LogP contribution is -1.93. The lowest BCUT2D eigenvalue weighted by atomic mass is 10.3. The monoisotopic (exact) mass is 152 g/mol. The van der Waals surface area contributed by atoms with Gasteiger partial charge in [-0.2, -0.15) is 0 Å². The van der Waals surface area contributed by atoms with Crippen LogP contribution in [0.2, 0.25) is 0 Å². The van der Waals surface area contributed by atoms with Gasteiger partial charge in [0.15, 0.2) is 0 Å². The van der Waals surface area contributed by atoms with E-state index in [9.17, 15) is 4.79 Å². The zero-order valence-electron chi connectivity index (χ0n) is 5.53. The van der Waals surface area contributed by atoms with Gasteiger partial charge >= 0.3 is 6.41 Å². The Hall–Kier alpha value is -1.71. The van der Waals surface area contributed by atoms with Crippen molar-refractivity contribution in [2.24, 2.45) is 0 Å². The minimum Gasteiger partial charge on any atom is -0.506 e. The van der Waals surface area contributed by atoms with Gasteiger partial charge in [0.1, 0.15) is 17.2 Å². The summed E-state index contributed by atoms with van der Waals surface area (Å²) in [5, 5.41) is 20.1. The average Bonchev–Trinajstić information content (AvgIpc) is 1.97. The third-order valence-electron chi connectivity index (χ3n) is 1.20. The van der Waals surface area contributed by atoms with Crippen LogP contribution in [0.15, 0.2) is 18.2 Å². The zero-order valence-corrected chi connectivity index (χ0v) is 5.53. The molecule has 0 aliphatic carbocycles. The molecular formula is C7H6NO3. The van der Waals surface area contributed by atoms with E-state index in [1.165, 1.54) is 24.6 Å². The van der Waals surface area contributed by atoms with Crippen LogP contribution < -0.4 is 5.32 Å². The molecule has 1 aromatic carbocycles. The maximum atomic E-state index is 9.82. The number of nitrogens with one attached hydrogen (secondary N) is 1. The van der Waals surface area contributed by atoms with E-state index in [1.54, 1.807) is 0 Å². The van der Waals surface area contributed by atoms with Crippen molar-refractivity contribution in [3.05, 3.63) is 18.2 Å². The van der Waals surface area contributed by atoms with E-state index in [0.717, 1.165) is 0 Å². The predicted molar refractivity (Wildman–Crippen MR) is 39.1 cm³/mol. The molecule has 57 valence electrons. The second-order valence-corrected chi connectivity index (χ2v) is 1.90. The Balaban J connectivity index is 3.09. The van der Waals surface area contributed by atoms with Crippen molar-refractivity contribution in [1.29, 1.82) is 0 Å². The van der Waals surface area contributed by atoms with E-state index in [0.29, 0.717) is 0 Å². The highest BCUT2D eigenvalue weighted by atomic mass is 16.3. The van der Waals surface area contributed by atoms with Gasteiger partial charge in [-0.1, -0.05) is 6.07 Å². The molecule has 1 amide bonds. The molecule has 0 saturated heterocycles. The van der Waals surface area contributed by atoms with Gasteiger partial charge in [-0.3, -0.25) is 4.79 Å². The van der Waals surface area contributed by atoms with Gasteiger partial charge in [0.2, 0.25) is 0 Å². The molecule has 4 heteroatoms. The van der Waals surface area contributed by atoms with Crippen LogP contribution in [0.3, 0.4) is 0 Å². The van der Waals surface area contributed by atoms with Crippen molar-refractivity contribution in [3.63, 3.8) is 0 Å². The SMILES string of the molecule is O=[C]Nc1c(O)cccc1O. The molecule has 3 N–H and O–H groups in total. The Bertz CT molecular complexity index is 252. The lowest BCUT2D eigenvalue weighted by Gasteiger charge is -2.02. The summed E-state index contributed by atoms with van der Waals surface area (Å²) >= 11 is 0. The summed E-state index contributed by atoms with van der Waals surface area (Å²) in [5.74, 6) is -0.373. The molecule has 0 aliphatic rings. The molecule has 0 bridgehead atoms. The number of rotatable bonds is 2. The first-order valence-corrected chi connectivity index (χ1v) is 2.90. The summed E-state index contributed by atoms with van der Waals surface area (Å²) in [6.45, 7) is 0. The average molecular weight is 152 g/mol. The number of carbonyl (C=O) groups excluding carboxylic acids is 1. The maximum absolute atomic E-state index is 9.82. The van der Waals surface area contributed by atoms with Crippen LogP contribution >= 0.6 is 0 Å². The summed E-state index contributed by atoms with van der Waals surface area (Å²) in [6, 6.07) is 4.15. The van der Waals surface area contributed by atoms with E-state index < -0.39 is 0 Å². The minimum absolute atomic E-state index is 0.0255. The van der Waals surface area contributed by atoms with E-state index >= 15 is 0 Å². The molecule has 0 saturated carbocycles. The Morgan fingerprint density at radius 2 is 1.82 bits per heavy atom. The number of hydrogen-bond donors (Lipinski definition) is 3. The number of hydrogen-bond acceptors (Lipinski definition) is 3. The highest BCUT2D eigenvalue weighted by molar-refractivity contribution is 5.79. The number of phenols is 2. The fourth-order valence-electron chi connectivity index (χ4n) is 0.707. The molecule has 0 atom stereocenters. The van der Waals surface area contributed by atoms with Gasteiger partial charge in [0.25, 0.3) is 0 Å². The lowest BCUT2D eigenvalue weighted by molar-refractivity contribution is 0.454. The quantitative estimate of drug-likeness (QED) is 0.428. The summed E-state index contributed by atoms with van der Waals surface area (Å²) < 4.78 is 0. The number of para-hydroxylation sites is 1. The minimum atomic E-state index is -0.187. The van der Waals surface area contributed by atoms with Crippen molar-refractivity contribution in [1.82, 2.24) is 0 Å². The van der Waals surface area contributed by atoms with E-state index in [4.69, 9.17) is 10.2 Å². The Morgan fingerprint density at radius 3 is 2.27 bits per heavy atom. The van der Waals surface area contributed by atoms with Gasteiger partial charge in [0, 0.05) is 0 Å². The number of phenolic OH excluding ortho intramolecular Hbond substituents is 2. The number of aromatic hydroxyl groups is 2. The summed E-state index contributed by atoms with van der Waals surface area (Å²) in [5.41, 5.74) is -0.0255. The Labute approximate surface area is 63.1 Å². The van der Waals surface area contributed by atoms with Crippen molar-refractivity contribution in [3.8, 4) is 11.5 Å². The zero-order chi connectivity index (χ0) is 8.27. The molecule has 0 aliphatic heterocycles. The third kappa shape index (κ3) is 1.40. The molecule has 0 unspecified atom stereocenters. The second-order valence-electron chi connectivity index (χ2n) is 1.90. The fraction of sp³-hybridized carbons (Fsp3) is 0.